The van der Waals surface area contributed by atoms with Crippen LogP contribution in [0.15, 0.2) is 23.5 Å². The molecule has 0 aromatic carbocycles. The van der Waals surface area contributed by atoms with Crippen LogP contribution in [0.2, 0.25) is 0 Å². The summed E-state index contributed by atoms with van der Waals surface area (Å²) in [5.41, 5.74) is 2.04. The van der Waals surface area contributed by atoms with Gasteiger partial charge in [0.05, 0.1) is 0 Å². The van der Waals surface area contributed by atoms with Gasteiger partial charge in [0.2, 0.25) is 0 Å². The van der Waals surface area contributed by atoms with Gasteiger partial charge in [-0.3, -0.25) is 4.79 Å². The number of esters is 1. The Balaban J connectivity index is 1.55. The van der Waals surface area contributed by atoms with Gasteiger partial charge in [-0.15, -0.1) is 0 Å². The molecule has 7 atom stereocenters. The maximum absolute atomic E-state index is 11.7. The van der Waals surface area contributed by atoms with E-state index in [2.05, 4.69) is 60.6 Å². The Labute approximate surface area is 204 Å². The second-order valence-corrected chi connectivity index (χ2v) is 13.7. The van der Waals surface area contributed by atoms with Crippen molar-refractivity contribution < 1.29 is 9.53 Å². The van der Waals surface area contributed by atoms with E-state index in [0.717, 1.165) is 47.7 Å². The van der Waals surface area contributed by atoms with Crippen LogP contribution in [0.1, 0.15) is 113 Å². The van der Waals surface area contributed by atoms with Crippen molar-refractivity contribution in [3.05, 3.63) is 23.5 Å². The van der Waals surface area contributed by atoms with Crippen molar-refractivity contribution in [1.29, 1.82) is 0 Å². The fourth-order valence-corrected chi connectivity index (χ4v) is 9.24. The third kappa shape index (κ3) is 4.16. The molecule has 2 heteroatoms. The number of hydrogen-bond donors (Lipinski definition) is 0. The van der Waals surface area contributed by atoms with Gasteiger partial charge in [-0.2, -0.15) is 0 Å². The van der Waals surface area contributed by atoms with Gasteiger partial charge in [-0.05, 0) is 105 Å². The molecule has 0 unspecified atom stereocenters. The maximum atomic E-state index is 11.7. The molecule has 0 heterocycles. The first kappa shape index (κ1) is 25.1. The van der Waals surface area contributed by atoms with Crippen LogP contribution in [-0.2, 0) is 9.53 Å². The topological polar surface area (TPSA) is 26.3 Å². The third-order valence-corrected chi connectivity index (χ3v) is 10.9. The molecule has 0 aromatic rings. The summed E-state index contributed by atoms with van der Waals surface area (Å²) < 4.78 is 5.69. The van der Waals surface area contributed by atoms with Crippen LogP contribution in [0.5, 0.6) is 0 Å². The summed E-state index contributed by atoms with van der Waals surface area (Å²) in [6.07, 6.45) is 16.9. The van der Waals surface area contributed by atoms with E-state index in [9.17, 15) is 4.79 Å². The fourth-order valence-electron chi connectivity index (χ4n) is 9.24. The number of ether oxygens (including phenoxy) is 1. The summed E-state index contributed by atoms with van der Waals surface area (Å²) in [4.78, 5) is 11.7. The zero-order valence-electron chi connectivity index (χ0n) is 22.8. The van der Waals surface area contributed by atoms with Crippen molar-refractivity contribution in [2.45, 2.75) is 113 Å². The Hall–Kier alpha value is -1.05. The predicted octanol–water partition coefficient (Wildman–Crippen LogP) is 8.72. The number of carbonyl (C=O) groups is 1. The molecule has 0 saturated heterocycles. The van der Waals surface area contributed by atoms with Crippen molar-refractivity contribution in [2.75, 3.05) is 0 Å². The summed E-state index contributed by atoms with van der Waals surface area (Å²) in [6.45, 7) is 18.6. The Bertz CT molecular complexity index is 817. The van der Waals surface area contributed by atoms with Gasteiger partial charge in [0.15, 0.2) is 0 Å². The van der Waals surface area contributed by atoms with E-state index in [4.69, 9.17) is 4.74 Å². The quantitative estimate of drug-likeness (QED) is 0.296. The fraction of sp³-hybridized carbons (Fsp3) is 0.839. The molecular formula is C31H50O2. The first-order valence-corrected chi connectivity index (χ1v) is 14.0. The number of carbonyl (C=O) groups excluding carboxylic acids is 1. The summed E-state index contributed by atoms with van der Waals surface area (Å²) in [5.74, 6) is 5.78. The highest BCUT2D eigenvalue weighted by atomic mass is 16.5. The lowest BCUT2D eigenvalue weighted by Gasteiger charge is -2.60. The Kier molecular flexibility index (Phi) is 6.73. The summed E-state index contributed by atoms with van der Waals surface area (Å²) in [5, 5.41) is 0. The molecule has 4 aliphatic rings. The molecule has 0 radical (unpaired) electrons. The first-order valence-electron chi connectivity index (χ1n) is 14.0. The van der Waals surface area contributed by atoms with Gasteiger partial charge >= 0.3 is 5.97 Å². The van der Waals surface area contributed by atoms with Gasteiger partial charge in [-0.25, -0.2) is 0 Å². The summed E-state index contributed by atoms with van der Waals surface area (Å²) in [7, 11) is 0. The molecule has 0 aromatic heterocycles. The Morgan fingerprint density at radius 3 is 2.36 bits per heavy atom. The lowest BCUT2D eigenvalue weighted by molar-refractivity contribution is -0.139. The number of rotatable bonds is 6. The Morgan fingerprint density at radius 1 is 1.00 bits per heavy atom. The molecule has 0 spiro atoms. The molecule has 0 bridgehead atoms. The normalized spacial score (nSPS) is 40.3. The standard InChI is InChI=1S/C31H50O2/c1-20(2)10-9-11-21(3)23-16-18-30(7)24(23)12-13-26-25(30)14-15-27-29(5,6)28(33-22(4)32)17-19-31(26,27)8/h15,17,20-21,23-26H,9-14,16,18-19H2,1-8H3/t21-,23-,24+,25+,26+,30+,31-/m1/s1. The molecule has 2 nitrogen and oxygen atoms in total. The third-order valence-electron chi connectivity index (χ3n) is 10.9. The minimum Gasteiger partial charge on any atom is -0.431 e. The molecule has 4 aliphatic carbocycles. The van der Waals surface area contributed by atoms with Crippen molar-refractivity contribution in [2.24, 2.45) is 51.8 Å². The van der Waals surface area contributed by atoms with Gasteiger partial charge in [0.25, 0.3) is 0 Å². The zero-order chi connectivity index (χ0) is 24.2. The van der Waals surface area contributed by atoms with Gasteiger partial charge in [0, 0.05) is 12.3 Å². The lowest BCUT2D eigenvalue weighted by Crippen LogP contribution is -2.53. The molecule has 0 N–H and O–H groups in total. The largest absolute Gasteiger partial charge is 0.431 e. The molecule has 33 heavy (non-hydrogen) atoms. The van der Waals surface area contributed by atoms with Gasteiger partial charge in [0.1, 0.15) is 5.76 Å². The summed E-state index contributed by atoms with van der Waals surface area (Å²) >= 11 is 0. The van der Waals surface area contributed by atoms with Crippen LogP contribution in [-0.4, -0.2) is 5.97 Å². The molecule has 2 fully saturated rings. The first-order chi connectivity index (χ1) is 15.4. The van der Waals surface area contributed by atoms with E-state index in [1.165, 1.54) is 63.9 Å². The second kappa shape index (κ2) is 8.87. The monoisotopic (exact) mass is 454 g/mol. The highest BCUT2D eigenvalue weighted by Crippen LogP contribution is 2.69. The van der Waals surface area contributed by atoms with Crippen molar-refractivity contribution in [3.8, 4) is 0 Å². The molecule has 0 amide bonds. The van der Waals surface area contributed by atoms with Crippen molar-refractivity contribution in [1.82, 2.24) is 0 Å². The number of hydrogen-bond acceptors (Lipinski definition) is 2. The highest BCUT2D eigenvalue weighted by Gasteiger charge is 2.61. The van der Waals surface area contributed by atoms with Crippen LogP contribution < -0.4 is 0 Å². The van der Waals surface area contributed by atoms with E-state index in [1.54, 1.807) is 0 Å². The average Bonchev–Trinajstić information content (AvgIpc) is 3.07. The average molecular weight is 455 g/mol. The van der Waals surface area contributed by atoms with E-state index in [0.29, 0.717) is 5.41 Å². The smallest absolute Gasteiger partial charge is 0.307 e. The zero-order valence-corrected chi connectivity index (χ0v) is 22.8. The molecule has 2 saturated carbocycles. The molecule has 186 valence electrons. The maximum Gasteiger partial charge on any atom is 0.307 e. The summed E-state index contributed by atoms with van der Waals surface area (Å²) in [6, 6.07) is 0. The SMILES string of the molecule is CC(=O)OC1=CC[C@@]2(C)C(=CC[C@H]3[C@@H]2CC[C@H]2[C@@H]([C@H](C)CCCC(C)C)CC[C@@]23C)C1(C)C. The van der Waals surface area contributed by atoms with E-state index in [1.807, 2.05) is 0 Å². The van der Waals surface area contributed by atoms with Crippen molar-refractivity contribution >= 4 is 5.97 Å². The van der Waals surface area contributed by atoms with Gasteiger partial charge < -0.3 is 4.74 Å². The van der Waals surface area contributed by atoms with Crippen LogP contribution >= 0.6 is 0 Å². The van der Waals surface area contributed by atoms with Crippen LogP contribution in [0.3, 0.4) is 0 Å². The molecular weight excluding hydrogens is 404 g/mol. The minimum atomic E-state index is -0.195. The van der Waals surface area contributed by atoms with E-state index in [-0.39, 0.29) is 16.8 Å². The van der Waals surface area contributed by atoms with Crippen LogP contribution in [0, 0.1) is 51.8 Å². The van der Waals surface area contributed by atoms with E-state index >= 15 is 0 Å². The van der Waals surface area contributed by atoms with Crippen LogP contribution in [0.25, 0.3) is 0 Å². The van der Waals surface area contributed by atoms with Crippen LogP contribution in [0.4, 0.5) is 0 Å². The van der Waals surface area contributed by atoms with Gasteiger partial charge in [-0.1, -0.05) is 65.5 Å². The lowest BCUT2D eigenvalue weighted by atomic mass is 9.44. The molecule has 4 rings (SSSR count). The highest BCUT2D eigenvalue weighted by molar-refractivity contribution is 5.68. The second-order valence-electron chi connectivity index (χ2n) is 13.7. The predicted molar refractivity (Wildman–Crippen MR) is 137 cm³/mol. The molecule has 0 aliphatic heterocycles. The Morgan fingerprint density at radius 2 is 1.70 bits per heavy atom. The number of fused-ring (bicyclic) bond motifs is 5. The van der Waals surface area contributed by atoms with Crippen molar-refractivity contribution in [3.63, 3.8) is 0 Å². The van der Waals surface area contributed by atoms with E-state index < -0.39 is 0 Å². The minimum absolute atomic E-state index is 0.190. The number of allylic oxidation sites excluding steroid dienone is 3.